The Balaban J connectivity index is 2.42. The quantitative estimate of drug-likeness (QED) is 0.819. The van der Waals surface area contributed by atoms with Crippen molar-refractivity contribution in [3.8, 4) is 0 Å². The molecule has 17 heavy (non-hydrogen) atoms. The standard InChI is InChI=1S/C15H25NO/c1-12(2)9-10-16(4)11-15(17)14-7-5-13(3)6-8-14/h5-8,12,15,17H,9-11H2,1-4H3. The number of nitrogens with zero attached hydrogens (tertiary/aromatic N) is 1. The molecule has 1 atom stereocenters. The highest BCUT2D eigenvalue weighted by atomic mass is 16.3. The molecule has 0 aromatic heterocycles. The third-order valence-electron chi connectivity index (χ3n) is 3.03. The van der Waals surface area contributed by atoms with Gasteiger partial charge in [-0.2, -0.15) is 0 Å². The van der Waals surface area contributed by atoms with Gasteiger partial charge in [0.2, 0.25) is 0 Å². The number of hydrogen-bond acceptors (Lipinski definition) is 2. The van der Waals surface area contributed by atoms with Gasteiger partial charge in [-0.15, -0.1) is 0 Å². The highest BCUT2D eigenvalue weighted by molar-refractivity contribution is 5.23. The number of hydrogen-bond donors (Lipinski definition) is 1. The molecule has 1 rings (SSSR count). The fourth-order valence-electron chi connectivity index (χ4n) is 1.76. The van der Waals surface area contributed by atoms with Crippen molar-refractivity contribution in [2.45, 2.75) is 33.3 Å². The van der Waals surface area contributed by atoms with Crippen LogP contribution in [-0.2, 0) is 0 Å². The third kappa shape index (κ3) is 5.33. The summed E-state index contributed by atoms with van der Waals surface area (Å²) in [6.45, 7) is 8.26. The summed E-state index contributed by atoms with van der Waals surface area (Å²) < 4.78 is 0. The molecule has 0 aliphatic carbocycles. The molecule has 0 fully saturated rings. The average Bonchev–Trinajstić information content (AvgIpc) is 2.27. The van der Waals surface area contributed by atoms with Crippen LogP contribution in [0, 0.1) is 12.8 Å². The predicted octanol–water partition coefficient (Wildman–Crippen LogP) is 3.01. The van der Waals surface area contributed by atoms with Crippen molar-refractivity contribution < 1.29 is 5.11 Å². The van der Waals surface area contributed by atoms with Gasteiger partial charge in [0.25, 0.3) is 0 Å². The van der Waals surface area contributed by atoms with E-state index >= 15 is 0 Å². The maximum atomic E-state index is 10.1. The second-order valence-electron chi connectivity index (χ2n) is 5.37. The molecule has 1 aromatic carbocycles. The van der Waals surface area contributed by atoms with Gasteiger partial charge in [0.15, 0.2) is 0 Å². The number of aliphatic hydroxyl groups excluding tert-OH is 1. The van der Waals surface area contributed by atoms with E-state index in [9.17, 15) is 5.11 Å². The Kier molecular flexibility index (Phi) is 5.66. The van der Waals surface area contributed by atoms with E-state index in [1.54, 1.807) is 0 Å². The van der Waals surface area contributed by atoms with Gasteiger partial charge in [-0.05, 0) is 38.4 Å². The van der Waals surface area contributed by atoms with E-state index in [-0.39, 0.29) is 6.10 Å². The van der Waals surface area contributed by atoms with Crippen molar-refractivity contribution in [2.24, 2.45) is 5.92 Å². The van der Waals surface area contributed by atoms with Crippen LogP contribution in [0.1, 0.15) is 37.5 Å². The normalized spacial score (nSPS) is 13.4. The first kappa shape index (κ1) is 14.2. The van der Waals surface area contributed by atoms with Crippen molar-refractivity contribution in [1.82, 2.24) is 4.90 Å². The Hall–Kier alpha value is -0.860. The molecule has 0 bridgehead atoms. The lowest BCUT2D eigenvalue weighted by Crippen LogP contribution is -2.26. The number of aryl methyl sites for hydroxylation is 1. The molecule has 0 aliphatic heterocycles. The highest BCUT2D eigenvalue weighted by Gasteiger charge is 2.10. The SMILES string of the molecule is Cc1ccc(C(O)CN(C)CCC(C)C)cc1. The minimum atomic E-state index is -0.382. The van der Waals surface area contributed by atoms with Gasteiger partial charge in [-0.1, -0.05) is 43.7 Å². The molecule has 0 spiro atoms. The topological polar surface area (TPSA) is 23.5 Å². The zero-order valence-electron chi connectivity index (χ0n) is 11.5. The summed E-state index contributed by atoms with van der Waals surface area (Å²) in [5, 5.41) is 10.1. The van der Waals surface area contributed by atoms with E-state index in [0.29, 0.717) is 12.5 Å². The molecule has 0 heterocycles. The van der Waals surface area contributed by atoms with E-state index in [2.05, 4.69) is 32.7 Å². The van der Waals surface area contributed by atoms with E-state index in [0.717, 1.165) is 12.1 Å². The number of likely N-dealkylation sites (N-methyl/N-ethyl adjacent to an activating group) is 1. The maximum Gasteiger partial charge on any atom is 0.0916 e. The van der Waals surface area contributed by atoms with Gasteiger partial charge in [0.05, 0.1) is 6.10 Å². The Morgan fingerprint density at radius 1 is 1.18 bits per heavy atom. The third-order valence-corrected chi connectivity index (χ3v) is 3.03. The molecule has 1 unspecified atom stereocenters. The summed E-state index contributed by atoms with van der Waals surface area (Å²) >= 11 is 0. The van der Waals surface area contributed by atoms with E-state index < -0.39 is 0 Å². The van der Waals surface area contributed by atoms with Gasteiger partial charge in [-0.25, -0.2) is 0 Å². The van der Waals surface area contributed by atoms with Crippen molar-refractivity contribution in [3.05, 3.63) is 35.4 Å². The van der Waals surface area contributed by atoms with Crippen LogP contribution >= 0.6 is 0 Å². The predicted molar refractivity (Wildman–Crippen MR) is 73.1 cm³/mol. The Morgan fingerprint density at radius 2 is 1.76 bits per heavy atom. The molecule has 0 aliphatic rings. The number of rotatable bonds is 6. The van der Waals surface area contributed by atoms with Crippen molar-refractivity contribution in [2.75, 3.05) is 20.1 Å². The first-order chi connectivity index (χ1) is 7.99. The molecule has 0 saturated carbocycles. The van der Waals surface area contributed by atoms with E-state index in [1.165, 1.54) is 12.0 Å². The van der Waals surface area contributed by atoms with Crippen LogP contribution in [0.4, 0.5) is 0 Å². The maximum absolute atomic E-state index is 10.1. The zero-order valence-corrected chi connectivity index (χ0v) is 11.5. The lowest BCUT2D eigenvalue weighted by atomic mass is 10.1. The Morgan fingerprint density at radius 3 is 2.29 bits per heavy atom. The minimum Gasteiger partial charge on any atom is -0.387 e. The molecule has 2 heteroatoms. The molecule has 1 aromatic rings. The molecule has 2 nitrogen and oxygen atoms in total. The lowest BCUT2D eigenvalue weighted by Gasteiger charge is -2.21. The zero-order chi connectivity index (χ0) is 12.8. The summed E-state index contributed by atoms with van der Waals surface area (Å²) in [4.78, 5) is 2.20. The molecule has 96 valence electrons. The molecular weight excluding hydrogens is 210 g/mol. The largest absolute Gasteiger partial charge is 0.387 e. The van der Waals surface area contributed by atoms with E-state index in [1.807, 2.05) is 24.3 Å². The summed E-state index contributed by atoms with van der Waals surface area (Å²) in [5.74, 6) is 0.717. The second kappa shape index (κ2) is 6.77. The highest BCUT2D eigenvalue weighted by Crippen LogP contribution is 2.15. The molecule has 0 saturated heterocycles. The van der Waals surface area contributed by atoms with Gasteiger partial charge in [0, 0.05) is 6.54 Å². The Labute approximate surface area is 105 Å². The molecule has 1 N–H and O–H groups in total. The van der Waals surface area contributed by atoms with E-state index in [4.69, 9.17) is 0 Å². The van der Waals surface area contributed by atoms with Crippen LogP contribution in [0.5, 0.6) is 0 Å². The first-order valence-electron chi connectivity index (χ1n) is 6.42. The second-order valence-corrected chi connectivity index (χ2v) is 5.37. The fourth-order valence-corrected chi connectivity index (χ4v) is 1.76. The first-order valence-corrected chi connectivity index (χ1v) is 6.42. The van der Waals surface area contributed by atoms with Crippen molar-refractivity contribution >= 4 is 0 Å². The Bertz CT molecular complexity index is 318. The van der Waals surface area contributed by atoms with Gasteiger partial charge >= 0.3 is 0 Å². The molecule has 0 radical (unpaired) electrons. The number of aliphatic hydroxyl groups is 1. The summed E-state index contributed by atoms with van der Waals surface area (Å²) in [7, 11) is 2.07. The summed E-state index contributed by atoms with van der Waals surface area (Å²) in [6.07, 6.45) is 0.796. The molecular formula is C15H25NO. The smallest absolute Gasteiger partial charge is 0.0916 e. The van der Waals surface area contributed by atoms with Crippen LogP contribution in [0.2, 0.25) is 0 Å². The van der Waals surface area contributed by atoms with Gasteiger partial charge < -0.3 is 10.0 Å². The van der Waals surface area contributed by atoms with Crippen molar-refractivity contribution in [3.63, 3.8) is 0 Å². The summed E-state index contributed by atoms with van der Waals surface area (Å²) in [5.41, 5.74) is 2.24. The molecule has 0 amide bonds. The van der Waals surface area contributed by atoms with Gasteiger partial charge in [-0.3, -0.25) is 0 Å². The number of benzene rings is 1. The minimum absolute atomic E-state index is 0.382. The van der Waals surface area contributed by atoms with Crippen molar-refractivity contribution in [1.29, 1.82) is 0 Å². The van der Waals surface area contributed by atoms with Crippen LogP contribution < -0.4 is 0 Å². The van der Waals surface area contributed by atoms with Crippen LogP contribution in [0.25, 0.3) is 0 Å². The van der Waals surface area contributed by atoms with Crippen LogP contribution in [-0.4, -0.2) is 30.1 Å². The average molecular weight is 235 g/mol. The van der Waals surface area contributed by atoms with Crippen LogP contribution in [0.3, 0.4) is 0 Å². The monoisotopic (exact) mass is 235 g/mol. The van der Waals surface area contributed by atoms with Crippen LogP contribution in [0.15, 0.2) is 24.3 Å². The lowest BCUT2D eigenvalue weighted by molar-refractivity contribution is 0.124. The summed E-state index contributed by atoms with van der Waals surface area (Å²) in [6, 6.07) is 8.12. The fraction of sp³-hybridized carbons (Fsp3) is 0.600. The van der Waals surface area contributed by atoms with Gasteiger partial charge in [0.1, 0.15) is 0 Å².